The Morgan fingerprint density at radius 3 is 3.20 bits per heavy atom. The SMILES string of the molecule is C=C(CC)Nc1nccs1. The van der Waals surface area contributed by atoms with Crippen LogP contribution in [0.15, 0.2) is 23.9 Å². The maximum atomic E-state index is 4.05. The highest BCUT2D eigenvalue weighted by atomic mass is 32.1. The Kier molecular flexibility index (Phi) is 2.45. The van der Waals surface area contributed by atoms with Crippen LogP contribution in [0.25, 0.3) is 0 Å². The summed E-state index contributed by atoms with van der Waals surface area (Å²) in [5.41, 5.74) is 1.01. The van der Waals surface area contributed by atoms with E-state index < -0.39 is 0 Å². The van der Waals surface area contributed by atoms with Crippen LogP contribution < -0.4 is 5.32 Å². The van der Waals surface area contributed by atoms with E-state index in [4.69, 9.17) is 0 Å². The summed E-state index contributed by atoms with van der Waals surface area (Å²) >= 11 is 1.58. The van der Waals surface area contributed by atoms with Gasteiger partial charge in [-0.25, -0.2) is 4.98 Å². The fraction of sp³-hybridized carbons (Fsp3) is 0.286. The average molecular weight is 154 g/mol. The molecule has 1 aromatic rings. The number of nitrogens with one attached hydrogen (secondary N) is 1. The first-order valence-corrected chi connectivity index (χ1v) is 4.05. The topological polar surface area (TPSA) is 24.9 Å². The molecule has 1 N–H and O–H groups in total. The van der Waals surface area contributed by atoms with E-state index in [9.17, 15) is 0 Å². The lowest BCUT2D eigenvalue weighted by atomic mass is 10.4. The van der Waals surface area contributed by atoms with Crippen LogP contribution in [0.5, 0.6) is 0 Å². The lowest BCUT2D eigenvalue weighted by Crippen LogP contribution is -1.94. The Balaban J connectivity index is 2.48. The fourth-order valence-corrected chi connectivity index (χ4v) is 1.10. The summed E-state index contributed by atoms with van der Waals surface area (Å²) in [5, 5.41) is 5.94. The number of aromatic nitrogens is 1. The molecule has 0 atom stereocenters. The number of hydrogen-bond donors (Lipinski definition) is 1. The molecule has 0 saturated carbocycles. The highest BCUT2D eigenvalue weighted by Gasteiger charge is 1.93. The highest BCUT2D eigenvalue weighted by molar-refractivity contribution is 7.13. The second-order valence-electron chi connectivity index (χ2n) is 1.92. The number of allylic oxidation sites excluding steroid dienone is 1. The second kappa shape index (κ2) is 3.37. The molecule has 0 bridgehead atoms. The molecule has 1 heterocycles. The van der Waals surface area contributed by atoms with Gasteiger partial charge in [0.15, 0.2) is 5.13 Å². The predicted molar refractivity (Wildman–Crippen MR) is 45.2 cm³/mol. The molecule has 0 spiro atoms. The minimum Gasteiger partial charge on any atom is -0.336 e. The van der Waals surface area contributed by atoms with Crippen LogP contribution in [-0.4, -0.2) is 4.98 Å². The molecule has 2 nitrogen and oxygen atoms in total. The summed E-state index contributed by atoms with van der Waals surface area (Å²) in [4.78, 5) is 4.05. The zero-order chi connectivity index (χ0) is 7.40. The van der Waals surface area contributed by atoms with Crippen LogP contribution in [0.3, 0.4) is 0 Å². The van der Waals surface area contributed by atoms with Gasteiger partial charge < -0.3 is 5.32 Å². The molecule has 0 aliphatic carbocycles. The summed E-state index contributed by atoms with van der Waals surface area (Å²) in [6, 6.07) is 0. The minimum absolute atomic E-state index is 0.923. The van der Waals surface area contributed by atoms with Crippen LogP contribution in [0.2, 0.25) is 0 Å². The van der Waals surface area contributed by atoms with Crippen LogP contribution in [0.4, 0.5) is 5.13 Å². The summed E-state index contributed by atoms with van der Waals surface area (Å²) in [5.74, 6) is 0. The normalized spacial score (nSPS) is 9.30. The van der Waals surface area contributed by atoms with Gasteiger partial charge in [-0.3, -0.25) is 0 Å². The first kappa shape index (κ1) is 7.28. The molecule has 0 radical (unpaired) electrons. The lowest BCUT2D eigenvalue weighted by molar-refractivity contribution is 1.11. The first-order chi connectivity index (χ1) is 4.83. The standard InChI is InChI=1S/C7H10N2S/c1-3-6(2)9-7-8-4-5-10-7/h4-5H,2-3H2,1H3,(H,8,9). The number of hydrogen-bond acceptors (Lipinski definition) is 3. The zero-order valence-corrected chi connectivity index (χ0v) is 6.74. The number of thiazole rings is 1. The molecule has 0 saturated heterocycles. The maximum Gasteiger partial charge on any atom is 0.186 e. The number of nitrogens with zero attached hydrogens (tertiary/aromatic N) is 1. The average Bonchev–Trinajstić information content (AvgIpc) is 2.40. The third-order valence-electron chi connectivity index (χ3n) is 1.14. The van der Waals surface area contributed by atoms with Crippen LogP contribution >= 0.6 is 11.3 Å². The second-order valence-corrected chi connectivity index (χ2v) is 2.81. The van der Waals surface area contributed by atoms with E-state index in [1.165, 1.54) is 0 Å². The highest BCUT2D eigenvalue weighted by Crippen LogP contribution is 2.13. The van der Waals surface area contributed by atoms with Crippen molar-refractivity contribution < 1.29 is 0 Å². The van der Waals surface area contributed by atoms with E-state index in [1.54, 1.807) is 17.5 Å². The van der Waals surface area contributed by atoms with Crippen LogP contribution in [0.1, 0.15) is 13.3 Å². The van der Waals surface area contributed by atoms with Gasteiger partial charge in [0, 0.05) is 17.3 Å². The van der Waals surface area contributed by atoms with E-state index in [0.717, 1.165) is 17.2 Å². The van der Waals surface area contributed by atoms with Gasteiger partial charge in [0.25, 0.3) is 0 Å². The third kappa shape index (κ3) is 1.84. The molecule has 3 heteroatoms. The van der Waals surface area contributed by atoms with Crippen molar-refractivity contribution in [1.29, 1.82) is 0 Å². The quantitative estimate of drug-likeness (QED) is 0.723. The molecule has 0 fully saturated rings. The largest absolute Gasteiger partial charge is 0.336 e. The van der Waals surface area contributed by atoms with Gasteiger partial charge in [0.2, 0.25) is 0 Å². The van der Waals surface area contributed by atoms with Crippen molar-refractivity contribution in [3.05, 3.63) is 23.9 Å². The summed E-state index contributed by atoms with van der Waals surface area (Å²) in [6.45, 7) is 5.86. The van der Waals surface area contributed by atoms with Gasteiger partial charge in [-0.1, -0.05) is 13.5 Å². The Morgan fingerprint density at radius 1 is 1.90 bits per heavy atom. The molecule has 1 aromatic heterocycles. The summed E-state index contributed by atoms with van der Waals surface area (Å²) in [7, 11) is 0. The number of rotatable bonds is 3. The molecule has 10 heavy (non-hydrogen) atoms. The lowest BCUT2D eigenvalue weighted by Gasteiger charge is -2.00. The van der Waals surface area contributed by atoms with Crippen LogP contribution in [-0.2, 0) is 0 Å². The molecular formula is C7H10N2S. The van der Waals surface area contributed by atoms with Gasteiger partial charge in [-0.05, 0) is 6.42 Å². The van der Waals surface area contributed by atoms with Gasteiger partial charge in [0.05, 0.1) is 0 Å². The van der Waals surface area contributed by atoms with E-state index in [2.05, 4.69) is 23.8 Å². The van der Waals surface area contributed by atoms with Crippen molar-refractivity contribution in [2.45, 2.75) is 13.3 Å². The molecule has 0 aliphatic heterocycles. The molecule has 0 aliphatic rings. The molecular weight excluding hydrogens is 144 g/mol. The van der Waals surface area contributed by atoms with E-state index in [0.29, 0.717) is 0 Å². The molecule has 54 valence electrons. The maximum absolute atomic E-state index is 4.05. The smallest absolute Gasteiger partial charge is 0.186 e. The molecule has 0 unspecified atom stereocenters. The zero-order valence-electron chi connectivity index (χ0n) is 5.92. The van der Waals surface area contributed by atoms with Gasteiger partial charge in [-0.2, -0.15) is 0 Å². The molecule has 1 rings (SSSR count). The van der Waals surface area contributed by atoms with E-state index in [1.807, 2.05) is 5.38 Å². The Hall–Kier alpha value is -0.830. The first-order valence-electron chi connectivity index (χ1n) is 3.17. The van der Waals surface area contributed by atoms with Crippen LogP contribution in [0, 0.1) is 0 Å². The van der Waals surface area contributed by atoms with Crippen molar-refractivity contribution in [2.24, 2.45) is 0 Å². The van der Waals surface area contributed by atoms with Crippen molar-refractivity contribution in [3.8, 4) is 0 Å². The Morgan fingerprint density at radius 2 is 2.70 bits per heavy atom. The summed E-state index contributed by atoms with van der Waals surface area (Å²) in [6.07, 6.45) is 2.72. The third-order valence-corrected chi connectivity index (χ3v) is 1.83. The van der Waals surface area contributed by atoms with E-state index in [-0.39, 0.29) is 0 Å². The monoisotopic (exact) mass is 154 g/mol. The van der Waals surface area contributed by atoms with E-state index >= 15 is 0 Å². The van der Waals surface area contributed by atoms with Gasteiger partial charge in [0.1, 0.15) is 0 Å². The summed E-state index contributed by atoms with van der Waals surface area (Å²) < 4.78 is 0. The number of anilines is 1. The molecule has 0 aromatic carbocycles. The Bertz CT molecular complexity index is 203. The minimum atomic E-state index is 0.923. The fourth-order valence-electron chi connectivity index (χ4n) is 0.525. The van der Waals surface area contributed by atoms with Crippen molar-refractivity contribution in [2.75, 3.05) is 5.32 Å². The van der Waals surface area contributed by atoms with Gasteiger partial charge >= 0.3 is 0 Å². The van der Waals surface area contributed by atoms with Gasteiger partial charge in [-0.15, -0.1) is 11.3 Å². The molecule has 0 amide bonds. The van der Waals surface area contributed by atoms with Crippen molar-refractivity contribution in [3.63, 3.8) is 0 Å². The predicted octanol–water partition coefficient (Wildman–Crippen LogP) is 2.48. The Labute approximate surface area is 64.6 Å². The van der Waals surface area contributed by atoms with Crippen molar-refractivity contribution >= 4 is 16.5 Å². The van der Waals surface area contributed by atoms with Crippen molar-refractivity contribution in [1.82, 2.24) is 4.98 Å².